The molecule has 1 heterocycles. The number of nitrogens with zero attached hydrogens (tertiary/aromatic N) is 1. The Morgan fingerprint density at radius 2 is 2.00 bits per heavy atom. The van der Waals surface area contributed by atoms with Crippen LogP contribution in [0.25, 0.3) is 0 Å². The lowest BCUT2D eigenvalue weighted by molar-refractivity contribution is -0.135. The fourth-order valence-electron chi connectivity index (χ4n) is 1.91. The highest BCUT2D eigenvalue weighted by Crippen LogP contribution is 2.09. The first-order chi connectivity index (χ1) is 10.1. The first-order valence-corrected chi connectivity index (χ1v) is 6.42. The molecule has 2 N–H and O–H groups in total. The summed E-state index contributed by atoms with van der Waals surface area (Å²) in [7, 11) is 0. The predicted molar refractivity (Wildman–Crippen MR) is 74.1 cm³/mol. The zero-order chi connectivity index (χ0) is 15.2. The number of hydrogen-bond donors (Lipinski definition) is 2. The number of carbonyl (C=O) groups excluding carboxylic acids is 3. The van der Waals surface area contributed by atoms with Gasteiger partial charge in [-0.15, -0.1) is 0 Å². The monoisotopic (exact) mass is 286 g/mol. The summed E-state index contributed by atoms with van der Waals surface area (Å²) in [5.41, 5.74) is 1.01. The van der Waals surface area contributed by atoms with Crippen LogP contribution in [-0.4, -0.2) is 47.4 Å². The summed E-state index contributed by atoms with van der Waals surface area (Å²) in [6, 6.07) is 6.64. The summed E-state index contributed by atoms with van der Waals surface area (Å²) >= 11 is 0. The van der Waals surface area contributed by atoms with E-state index in [4.69, 9.17) is 5.11 Å². The van der Waals surface area contributed by atoms with E-state index in [0.29, 0.717) is 17.5 Å². The van der Waals surface area contributed by atoms with Crippen LogP contribution in [0, 0.1) is 11.8 Å². The maximum absolute atomic E-state index is 12.3. The Kier molecular flexibility index (Phi) is 4.69. The fourth-order valence-corrected chi connectivity index (χ4v) is 1.91. The zero-order valence-corrected chi connectivity index (χ0v) is 11.3. The molecule has 2 rings (SSSR count). The Bertz CT molecular complexity index is 627. The maximum atomic E-state index is 12.3. The first-order valence-electron chi connectivity index (χ1n) is 6.42. The topological polar surface area (TPSA) is 86.7 Å². The molecular weight excluding hydrogens is 272 g/mol. The SMILES string of the molecule is O=C1CN(C(=O)c2cccc(C#CCCO)c2)CC(=O)N1. The molecule has 1 saturated heterocycles. The van der Waals surface area contributed by atoms with Gasteiger partial charge in [-0.1, -0.05) is 17.9 Å². The molecule has 21 heavy (non-hydrogen) atoms. The van der Waals surface area contributed by atoms with Crippen LogP contribution in [0.5, 0.6) is 0 Å². The largest absolute Gasteiger partial charge is 0.395 e. The lowest BCUT2D eigenvalue weighted by Gasteiger charge is -2.25. The van der Waals surface area contributed by atoms with Gasteiger partial charge in [0.15, 0.2) is 0 Å². The zero-order valence-electron chi connectivity index (χ0n) is 11.3. The first kappa shape index (κ1) is 14.8. The van der Waals surface area contributed by atoms with E-state index in [1.165, 1.54) is 4.90 Å². The number of rotatable bonds is 2. The van der Waals surface area contributed by atoms with Crippen molar-refractivity contribution in [1.29, 1.82) is 0 Å². The van der Waals surface area contributed by atoms with Crippen molar-refractivity contribution in [3.05, 3.63) is 35.4 Å². The summed E-state index contributed by atoms with van der Waals surface area (Å²) in [6.07, 6.45) is 0.360. The minimum Gasteiger partial charge on any atom is -0.395 e. The molecule has 1 aliphatic rings. The third-order valence-corrected chi connectivity index (χ3v) is 2.81. The Morgan fingerprint density at radius 1 is 1.29 bits per heavy atom. The van der Waals surface area contributed by atoms with Gasteiger partial charge in [0.05, 0.1) is 6.61 Å². The van der Waals surface area contributed by atoms with Gasteiger partial charge in [0.2, 0.25) is 11.8 Å². The van der Waals surface area contributed by atoms with Crippen LogP contribution in [0.1, 0.15) is 22.3 Å². The standard InChI is InChI=1S/C15H14N2O4/c18-7-2-1-4-11-5-3-6-12(8-11)15(21)17-9-13(19)16-14(20)10-17/h3,5-6,8,18H,2,7,9-10H2,(H,16,19,20). The minimum absolute atomic E-state index is 0.0172. The molecule has 1 aliphatic heterocycles. The lowest BCUT2D eigenvalue weighted by atomic mass is 10.1. The normalized spacial score (nSPS) is 14.2. The average Bonchev–Trinajstić information content (AvgIpc) is 2.46. The Hall–Kier alpha value is -2.65. The van der Waals surface area contributed by atoms with Gasteiger partial charge in [-0.2, -0.15) is 0 Å². The van der Waals surface area contributed by atoms with Crippen molar-refractivity contribution in [2.75, 3.05) is 19.7 Å². The van der Waals surface area contributed by atoms with E-state index in [-0.39, 0.29) is 25.6 Å². The molecule has 6 heteroatoms. The highest BCUT2D eigenvalue weighted by atomic mass is 16.3. The summed E-state index contributed by atoms with van der Waals surface area (Å²) in [5.74, 6) is 4.24. The second kappa shape index (κ2) is 6.68. The van der Waals surface area contributed by atoms with E-state index < -0.39 is 11.8 Å². The Labute approximate surface area is 121 Å². The highest BCUT2D eigenvalue weighted by molar-refractivity contribution is 6.05. The number of aliphatic hydroxyl groups excluding tert-OH is 1. The molecule has 0 radical (unpaired) electrons. The minimum atomic E-state index is -0.488. The third kappa shape index (κ3) is 3.91. The van der Waals surface area contributed by atoms with Crippen molar-refractivity contribution in [1.82, 2.24) is 10.2 Å². The number of nitrogens with one attached hydrogen (secondary N) is 1. The summed E-state index contributed by atoms with van der Waals surface area (Å²) < 4.78 is 0. The van der Waals surface area contributed by atoms with Crippen molar-refractivity contribution < 1.29 is 19.5 Å². The molecule has 0 saturated carbocycles. The number of piperazine rings is 1. The Morgan fingerprint density at radius 3 is 2.67 bits per heavy atom. The highest BCUT2D eigenvalue weighted by Gasteiger charge is 2.26. The van der Waals surface area contributed by atoms with Crippen molar-refractivity contribution >= 4 is 17.7 Å². The van der Waals surface area contributed by atoms with Crippen LogP contribution in [0.2, 0.25) is 0 Å². The number of aliphatic hydroxyl groups is 1. The molecule has 6 nitrogen and oxygen atoms in total. The van der Waals surface area contributed by atoms with E-state index >= 15 is 0 Å². The van der Waals surface area contributed by atoms with Crippen LogP contribution < -0.4 is 5.32 Å². The number of imide groups is 1. The van der Waals surface area contributed by atoms with Crippen LogP contribution >= 0.6 is 0 Å². The van der Waals surface area contributed by atoms with E-state index in [0.717, 1.165) is 0 Å². The Balaban J connectivity index is 2.16. The number of hydrogen-bond acceptors (Lipinski definition) is 4. The van der Waals surface area contributed by atoms with Gasteiger partial charge >= 0.3 is 0 Å². The van der Waals surface area contributed by atoms with Crippen molar-refractivity contribution in [2.24, 2.45) is 0 Å². The van der Waals surface area contributed by atoms with Crippen molar-refractivity contribution in [3.63, 3.8) is 0 Å². The number of carbonyl (C=O) groups is 3. The van der Waals surface area contributed by atoms with Gasteiger partial charge in [0.1, 0.15) is 13.1 Å². The average molecular weight is 286 g/mol. The molecule has 0 bridgehead atoms. The summed E-state index contributed by atoms with van der Waals surface area (Å²) in [5, 5.41) is 10.8. The molecule has 0 unspecified atom stereocenters. The molecule has 0 aliphatic carbocycles. The molecule has 1 aromatic rings. The van der Waals surface area contributed by atoms with Crippen LogP contribution in [0.15, 0.2) is 24.3 Å². The van der Waals surface area contributed by atoms with Crippen molar-refractivity contribution in [3.8, 4) is 11.8 Å². The fraction of sp³-hybridized carbons (Fsp3) is 0.267. The second-order valence-electron chi connectivity index (χ2n) is 4.49. The van der Waals surface area contributed by atoms with Gasteiger partial charge in [-0.3, -0.25) is 19.7 Å². The molecule has 0 spiro atoms. The number of amides is 3. The smallest absolute Gasteiger partial charge is 0.254 e. The molecule has 3 amide bonds. The van der Waals surface area contributed by atoms with Crippen LogP contribution in [0.4, 0.5) is 0 Å². The molecule has 1 fully saturated rings. The van der Waals surface area contributed by atoms with E-state index in [1.807, 2.05) is 0 Å². The summed E-state index contributed by atoms with van der Waals surface area (Å²) in [4.78, 5) is 36.1. The second-order valence-corrected chi connectivity index (χ2v) is 4.49. The van der Waals surface area contributed by atoms with E-state index in [9.17, 15) is 14.4 Å². The lowest BCUT2D eigenvalue weighted by Crippen LogP contribution is -2.53. The number of benzene rings is 1. The van der Waals surface area contributed by atoms with Gasteiger partial charge in [-0.25, -0.2) is 0 Å². The molecule has 0 atom stereocenters. The molecule has 0 aromatic heterocycles. The molecule has 108 valence electrons. The van der Waals surface area contributed by atoms with Gasteiger partial charge in [0.25, 0.3) is 5.91 Å². The molecule has 1 aromatic carbocycles. The van der Waals surface area contributed by atoms with Crippen LogP contribution in [-0.2, 0) is 9.59 Å². The quantitative estimate of drug-likeness (QED) is 0.568. The van der Waals surface area contributed by atoms with Crippen LogP contribution in [0.3, 0.4) is 0 Å². The summed E-state index contributed by atoms with van der Waals surface area (Å²) in [6.45, 7) is -0.285. The molecular formula is C15H14N2O4. The van der Waals surface area contributed by atoms with E-state index in [2.05, 4.69) is 17.2 Å². The third-order valence-electron chi connectivity index (χ3n) is 2.81. The van der Waals surface area contributed by atoms with Gasteiger partial charge in [0, 0.05) is 17.5 Å². The van der Waals surface area contributed by atoms with Crippen molar-refractivity contribution in [2.45, 2.75) is 6.42 Å². The predicted octanol–water partition coefficient (Wildman–Crippen LogP) is -0.481. The van der Waals surface area contributed by atoms with E-state index in [1.54, 1.807) is 24.3 Å². The van der Waals surface area contributed by atoms with Gasteiger partial charge < -0.3 is 10.0 Å². The van der Waals surface area contributed by atoms with Gasteiger partial charge in [-0.05, 0) is 18.2 Å². The maximum Gasteiger partial charge on any atom is 0.254 e.